The standard InChI is InChI=1S/C17H29N2.ClH/c1-6-19(5,14-10-9-13-18(3)4)15-17-12-8-7-11-16(17)2;/h6-8,11-12H,1,9-10,13-15H2,2-5H3;1H/q+1;/p-1. The van der Waals surface area contributed by atoms with E-state index < -0.39 is 0 Å². The van der Waals surface area contributed by atoms with Crippen molar-refractivity contribution >= 4 is 0 Å². The van der Waals surface area contributed by atoms with Crippen LogP contribution in [0.4, 0.5) is 0 Å². The third kappa shape index (κ3) is 6.56. The highest BCUT2D eigenvalue weighted by Gasteiger charge is 2.18. The lowest BCUT2D eigenvalue weighted by atomic mass is 10.1. The molecule has 3 heteroatoms. The summed E-state index contributed by atoms with van der Waals surface area (Å²) >= 11 is 0. The summed E-state index contributed by atoms with van der Waals surface area (Å²) in [7, 11) is 6.54. The maximum absolute atomic E-state index is 4.03. The van der Waals surface area contributed by atoms with Crippen molar-refractivity contribution in [3.63, 3.8) is 0 Å². The van der Waals surface area contributed by atoms with E-state index in [1.807, 2.05) is 0 Å². The van der Waals surface area contributed by atoms with Crippen LogP contribution in [-0.2, 0) is 6.54 Å². The van der Waals surface area contributed by atoms with E-state index in [9.17, 15) is 0 Å². The third-order valence-electron chi connectivity index (χ3n) is 3.76. The van der Waals surface area contributed by atoms with Crippen LogP contribution in [0.1, 0.15) is 24.0 Å². The van der Waals surface area contributed by atoms with Crippen molar-refractivity contribution in [3.05, 3.63) is 48.2 Å². The van der Waals surface area contributed by atoms with Crippen molar-refractivity contribution in [3.8, 4) is 0 Å². The zero-order chi connectivity index (χ0) is 14.3. The maximum atomic E-state index is 4.03. The van der Waals surface area contributed by atoms with Gasteiger partial charge in [0.05, 0.1) is 19.8 Å². The van der Waals surface area contributed by atoms with Gasteiger partial charge in [-0.3, -0.25) is 4.48 Å². The molecule has 0 aliphatic heterocycles. The van der Waals surface area contributed by atoms with Gasteiger partial charge in [0.15, 0.2) is 0 Å². The predicted molar refractivity (Wildman–Crippen MR) is 83.9 cm³/mol. The Bertz CT molecular complexity index is 404. The van der Waals surface area contributed by atoms with Crippen LogP contribution in [-0.4, -0.2) is 43.6 Å². The first kappa shape index (κ1) is 19.2. The van der Waals surface area contributed by atoms with Crippen LogP contribution in [0.3, 0.4) is 0 Å². The van der Waals surface area contributed by atoms with Crippen molar-refractivity contribution in [1.82, 2.24) is 4.90 Å². The first-order chi connectivity index (χ1) is 8.97. The summed E-state index contributed by atoms with van der Waals surface area (Å²) in [4.78, 5) is 2.25. The van der Waals surface area contributed by atoms with Crippen LogP contribution in [0.25, 0.3) is 0 Å². The fourth-order valence-electron chi connectivity index (χ4n) is 2.31. The van der Waals surface area contributed by atoms with Crippen molar-refractivity contribution in [1.29, 1.82) is 0 Å². The molecule has 0 bridgehead atoms. The number of halogens is 1. The van der Waals surface area contributed by atoms with Gasteiger partial charge in [-0.15, -0.1) is 0 Å². The number of aryl methyl sites for hydroxylation is 1. The SMILES string of the molecule is C=C[N+](C)(CCCCN(C)C)Cc1ccccc1C.[Cl-]. The number of unbranched alkanes of at least 4 members (excludes halogenated alkanes) is 1. The van der Waals surface area contributed by atoms with Gasteiger partial charge in [0.1, 0.15) is 6.54 Å². The molecule has 0 amide bonds. The van der Waals surface area contributed by atoms with Crippen LogP contribution in [0.2, 0.25) is 0 Å². The molecule has 20 heavy (non-hydrogen) atoms. The van der Waals surface area contributed by atoms with Crippen LogP contribution in [0, 0.1) is 6.92 Å². The molecule has 2 nitrogen and oxygen atoms in total. The normalized spacial score (nSPS) is 13.7. The second kappa shape index (κ2) is 9.17. The molecule has 0 N–H and O–H groups in total. The topological polar surface area (TPSA) is 3.24 Å². The molecular weight excluding hydrogens is 268 g/mol. The fourth-order valence-corrected chi connectivity index (χ4v) is 2.31. The molecule has 0 radical (unpaired) electrons. The van der Waals surface area contributed by atoms with E-state index in [1.165, 1.54) is 30.5 Å². The van der Waals surface area contributed by atoms with Crippen LogP contribution in [0.15, 0.2) is 37.0 Å². The second-order valence-corrected chi connectivity index (χ2v) is 5.98. The molecule has 0 aliphatic rings. The Balaban J connectivity index is 0.00000361. The molecular formula is C17H29ClN2. The highest BCUT2D eigenvalue weighted by Crippen LogP contribution is 2.17. The van der Waals surface area contributed by atoms with Crippen molar-refractivity contribution < 1.29 is 16.9 Å². The van der Waals surface area contributed by atoms with Gasteiger partial charge in [-0.1, -0.05) is 24.3 Å². The summed E-state index contributed by atoms with van der Waals surface area (Å²) in [6.45, 7) is 9.59. The highest BCUT2D eigenvalue weighted by atomic mass is 35.5. The van der Waals surface area contributed by atoms with E-state index in [-0.39, 0.29) is 12.4 Å². The summed E-state index contributed by atoms with van der Waals surface area (Å²) in [5.41, 5.74) is 2.81. The van der Waals surface area contributed by atoms with Gasteiger partial charge < -0.3 is 17.3 Å². The Morgan fingerprint density at radius 1 is 1.20 bits per heavy atom. The molecule has 1 aromatic rings. The average Bonchev–Trinajstić information content (AvgIpc) is 2.37. The van der Waals surface area contributed by atoms with Gasteiger partial charge in [0, 0.05) is 5.56 Å². The van der Waals surface area contributed by atoms with E-state index in [0.29, 0.717) is 0 Å². The van der Waals surface area contributed by atoms with E-state index in [2.05, 4.69) is 70.0 Å². The number of nitrogens with zero attached hydrogens (tertiary/aromatic N) is 2. The van der Waals surface area contributed by atoms with Crippen LogP contribution >= 0.6 is 0 Å². The number of hydrogen-bond donors (Lipinski definition) is 0. The maximum Gasteiger partial charge on any atom is 0.109 e. The molecule has 0 saturated heterocycles. The minimum absolute atomic E-state index is 0. The molecule has 1 atom stereocenters. The smallest absolute Gasteiger partial charge is 0.109 e. The number of hydrogen-bond acceptors (Lipinski definition) is 1. The van der Waals surface area contributed by atoms with E-state index in [0.717, 1.165) is 17.6 Å². The van der Waals surface area contributed by atoms with Crippen LogP contribution < -0.4 is 12.4 Å². The van der Waals surface area contributed by atoms with Gasteiger partial charge in [0.25, 0.3) is 0 Å². The lowest BCUT2D eigenvalue weighted by Gasteiger charge is -2.31. The summed E-state index contributed by atoms with van der Waals surface area (Å²) in [6, 6.07) is 8.65. The highest BCUT2D eigenvalue weighted by molar-refractivity contribution is 5.24. The molecule has 1 rings (SSSR count). The van der Waals surface area contributed by atoms with Gasteiger partial charge >= 0.3 is 0 Å². The molecule has 0 aromatic heterocycles. The molecule has 114 valence electrons. The Hall–Kier alpha value is -0.830. The zero-order valence-corrected chi connectivity index (χ0v) is 14.2. The number of benzene rings is 1. The van der Waals surface area contributed by atoms with E-state index >= 15 is 0 Å². The zero-order valence-electron chi connectivity index (χ0n) is 13.4. The lowest BCUT2D eigenvalue weighted by molar-refractivity contribution is -0.873. The fraction of sp³-hybridized carbons (Fsp3) is 0.529. The van der Waals surface area contributed by atoms with Crippen molar-refractivity contribution in [2.75, 3.05) is 34.2 Å². The predicted octanol–water partition coefficient (Wildman–Crippen LogP) is 0.431. The molecule has 0 saturated carbocycles. The Morgan fingerprint density at radius 3 is 2.40 bits per heavy atom. The van der Waals surface area contributed by atoms with Gasteiger partial charge in [-0.05, 0) is 52.5 Å². The summed E-state index contributed by atoms with van der Waals surface area (Å²) in [5, 5.41) is 0. The molecule has 1 aromatic carbocycles. The molecule has 0 heterocycles. The minimum atomic E-state index is 0. The number of quaternary nitrogens is 1. The molecule has 0 aliphatic carbocycles. The second-order valence-electron chi connectivity index (χ2n) is 5.98. The molecule has 0 spiro atoms. The minimum Gasteiger partial charge on any atom is -1.00 e. The Morgan fingerprint density at radius 2 is 1.85 bits per heavy atom. The van der Waals surface area contributed by atoms with Gasteiger partial charge in [-0.2, -0.15) is 0 Å². The van der Waals surface area contributed by atoms with Crippen molar-refractivity contribution in [2.45, 2.75) is 26.3 Å². The van der Waals surface area contributed by atoms with E-state index in [4.69, 9.17) is 0 Å². The quantitative estimate of drug-likeness (QED) is 0.497. The Labute approximate surface area is 131 Å². The van der Waals surface area contributed by atoms with E-state index in [1.54, 1.807) is 0 Å². The van der Waals surface area contributed by atoms with Crippen molar-refractivity contribution in [2.24, 2.45) is 0 Å². The molecule has 0 fully saturated rings. The van der Waals surface area contributed by atoms with Gasteiger partial charge in [-0.25, -0.2) is 0 Å². The lowest BCUT2D eigenvalue weighted by Crippen LogP contribution is -3.00. The first-order valence-corrected chi connectivity index (χ1v) is 7.14. The van der Waals surface area contributed by atoms with Gasteiger partial charge in [0.2, 0.25) is 0 Å². The third-order valence-corrected chi connectivity index (χ3v) is 3.76. The Kier molecular flexibility index (Phi) is 8.79. The molecule has 1 unspecified atom stereocenters. The largest absolute Gasteiger partial charge is 1.00 e. The van der Waals surface area contributed by atoms with Crippen LogP contribution in [0.5, 0.6) is 0 Å². The summed E-state index contributed by atoms with van der Waals surface area (Å²) in [6.07, 6.45) is 4.58. The summed E-state index contributed by atoms with van der Waals surface area (Å²) in [5.74, 6) is 0. The average molecular weight is 297 g/mol. The summed E-state index contributed by atoms with van der Waals surface area (Å²) < 4.78 is 0.915. The number of rotatable bonds is 8. The first-order valence-electron chi connectivity index (χ1n) is 7.14. The monoisotopic (exact) mass is 296 g/mol.